The van der Waals surface area contributed by atoms with Gasteiger partial charge in [0.1, 0.15) is 5.82 Å². The van der Waals surface area contributed by atoms with Gasteiger partial charge < -0.3 is 10.0 Å². The Morgan fingerprint density at radius 3 is 2.56 bits per heavy atom. The smallest absolute Gasteiger partial charge is 0.306 e. The van der Waals surface area contributed by atoms with Gasteiger partial charge in [0.2, 0.25) is 0 Å². The molecule has 2 atom stereocenters. The minimum absolute atomic E-state index is 0.102. The summed E-state index contributed by atoms with van der Waals surface area (Å²) in [5.41, 5.74) is 1.73. The lowest BCUT2D eigenvalue weighted by molar-refractivity contribution is -0.145. The molecule has 0 radical (unpaired) electrons. The second kappa shape index (κ2) is 6.66. The predicted octanol–water partition coefficient (Wildman–Crippen LogP) is 2.50. The van der Waals surface area contributed by atoms with Crippen LogP contribution in [0.2, 0.25) is 0 Å². The van der Waals surface area contributed by atoms with Crippen molar-refractivity contribution in [3.8, 4) is 5.69 Å². The van der Waals surface area contributed by atoms with Gasteiger partial charge in [-0.2, -0.15) is 5.10 Å². The predicted molar refractivity (Wildman–Crippen MR) is 89.1 cm³/mol. The summed E-state index contributed by atoms with van der Waals surface area (Å²) in [6.07, 6.45) is 2.17. The second-order valence-electron chi connectivity index (χ2n) is 6.54. The first-order chi connectivity index (χ1) is 11.9. The summed E-state index contributed by atoms with van der Waals surface area (Å²) in [5.74, 6) is -1.86. The third kappa shape index (κ3) is 3.40. The molecule has 0 bridgehead atoms. The lowest BCUT2D eigenvalue weighted by Gasteiger charge is -2.34. The first-order valence-corrected chi connectivity index (χ1v) is 8.21. The average Bonchev–Trinajstić information content (AvgIpc) is 2.96. The molecular formula is C18H20FN3O3. The Balaban J connectivity index is 1.79. The maximum atomic E-state index is 13.1. The molecule has 2 heterocycles. The molecule has 3 rings (SSSR count). The maximum absolute atomic E-state index is 13.1. The molecule has 2 unspecified atom stereocenters. The maximum Gasteiger partial charge on any atom is 0.306 e. The molecule has 2 aromatic rings. The Bertz CT molecular complexity index is 800. The van der Waals surface area contributed by atoms with Crippen LogP contribution in [0.5, 0.6) is 0 Å². The van der Waals surface area contributed by atoms with Crippen LogP contribution in [0.15, 0.2) is 30.5 Å². The number of carbonyl (C=O) groups excluding carboxylic acids is 1. The number of nitrogens with zero attached hydrogens (tertiary/aromatic N) is 3. The van der Waals surface area contributed by atoms with Crippen molar-refractivity contribution in [2.75, 3.05) is 13.1 Å². The topological polar surface area (TPSA) is 75.4 Å². The Kier molecular flexibility index (Phi) is 4.57. The monoisotopic (exact) mass is 345 g/mol. The fourth-order valence-electron chi connectivity index (χ4n) is 3.24. The molecule has 1 amide bonds. The third-order valence-electron chi connectivity index (χ3n) is 4.70. The van der Waals surface area contributed by atoms with Gasteiger partial charge >= 0.3 is 5.97 Å². The van der Waals surface area contributed by atoms with Crippen molar-refractivity contribution < 1.29 is 19.1 Å². The molecule has 1 N–H and O–H groups in total. The van der Waals surface area contributed by atoms with E-state index in [4.69, 9.17) is 0 Å². The molecule has 1 saturated heterocycles. The summed E-state index contributed by atoms with van der Waals surface area (Å²) in [6.45, 7) is 4.46. The zero-order valence-electron chi connectivity index (χ0n) is 14.1. The molecule has 1 aliphatic heterocycles. The van der Waals surface area contributed by atoms with Crippen molar-refractivity contribution in [1.82, 2.24) is 14.7 Å². The number of aliphatic carboxylic acids is 1. The summed E-state index contributed by atoms with van der Waals surface area (Å²) in [7, 11) is 0. The van der Waals surface area contributed by atoms with Crippen molar-refractivity contribution in [3.05, 3.63) is 47.5 Å². The summed E-state index contributed by atoms with van der Waals surface area (Å²) in [5, 5.41) is 13.5. The molecule has 1 fully saturated rings. The SMILES string of the molecule is Cc1cn(-c2ccc(F)cc2)nc1C(=O)N1CCC(C(=O)O)C(C)C1. The molecule has 0 spiro atoms. The van der Waals surface area contributed by atoms with Crippen LogP contribution in [0.25, 0.3) is 5.69 Å². The average molecular weight is 345 g/mol. The number of likely N-dealkylation sites (tertiary alicyclic amines) is 1. The Morgan fingerprint density at radius 2 is 1.96 bits per heavy atom. The minimum Gasteiger partial charge on any atom is -0.481 e. The normalized spacial score (nSPS) is 20.5. The molecule has 1 aliphatic rings. The van der Waals surface area contributed by atoms with Crippen LogP contribution >= 0.6 is 0 Å². The Labute approximate surface area is 144 Å². The molecule has 0 aliphatic carbocycles. The first kappa shape index (κ1) is 17.1. The van der Waals surface area contributed by atoms with Crippen LogP contribution in [0.1, 0.15) is 29.4 Å². The van der Waals surface area contributed by atoms with Gasteiger partial charge in [0.25, 0.3) is 5.91 Å². The zero-order valence-corrected chi connectivity index (χ0v) is 14.1. The lowest BCUT2D eigenvalue weighted by Crippen LogP contribution is -2.45. The van der Waals surface area contributed by atoms with Crippen molar-refractivity contribution in [1.29, 1.82) is 0 Å². The van der Waals surface area contributed by atoms with E-state index >= 15 is 0 Å². The van der Waals surface area contributed by atoms with E-state index < -0.39 is 11.9 Å². The number of amides is 1. The number of carbonyl (C=O) groups is 2. The van der Waals surface area contributed by atoms with Crippen LogP contribution in [0.4, 0.5) is 4.39 Å². The van der Waals surface area contributed by atoms with Crippen LogP contribution in [0.3, 0.4) is 0 Å². The van der Waals surface area contributed by atoms with Gasteiger partial charge in [0.05, 0.1) is 11.6 Å². The summed E-state index contributed by atoms with van der Waals surface area (Å²) in [4.78, 5) is 25.6. The van der Waals surface area contributed by atoms with E-state index in [1.54, 1.807) is 34.8 Å². The van der Waals surface area contributed by atoms with E-state index in [2.05, 4.69) is 5.10 Å². The van der Waals surface area contributed by atoms with E-state index in [0.29, 0.717) is 30.9 Å². The Morgan fingerprint density at radius 1 is 1.28 bits per heavy atom. The highest BCUT2D eigenvalue weighted by Crippen LogP contribution is 2.25. The van der Waals surface area contributed by atoms with Crippen molar-refractivity contribution in [3.63, 3.8) is 0 Å². The van der Waals surface area contributed by atoms with E-state index in [-0.39, 0.29) is 17.6 Å². The van der Waals surface area contributed by atoms with Gasteiger partial charge in [0, 0.05) is 24.8 Å². The summed E-state index contributed by atoms with van der Waals surface area (Å²) in [6, 6.07) is 5.87. The fraction of sp³-hybridized carbons (Fsp3) is 0.389. The highest BCUT2D eigenvalue weighted by molar-refractivity contribution is 5.93. The van der Waals surface area contributed by atoms with Gasteiger partial charge in [-0.05, 0) is 43.5 Å². The number of benzene rings is 1. The van der Waals surface area contributed by atoms with E-state index in [0.717, 1.165) is 5.56 Å². The summed E-state index contributed by atoms with van der Waals surface area (Å²) >= 11 is 0. The standard InChI is InChI=1S/C18H20FN3O3/c1-11-9-21(8-7-15(11)18(24)25)17(23)16-12(2)10-22(20-16)14-5-3-13(19)4-6-14/h3-6,10-11,15H,7-9H2,1-2H3,(H,24,25). The van der Waals surface area contributed by atoms with Crippen molar-refractivity contribution in [2.24, 2.45) is 11.8 Å². The number of rotatable bonds is 3. The van der Waals surface area contributed by atoms with Crippen LogP contribution in [-0.2, 0) is 4.79 Å². The van der Waals surface area contributed by atoms with Gasteiger partial charge in [-0.1, -0.05) is 6.92 Å². The highest BCUT2D eigenvalue weighted by Gasteiger charge is 2.34. The number of hydrogen-bond donors (Lipinski definition) is 1. The van der Waals surface area contributed by atoms with Crippen LogP contribution < -0.4 is 0 Å². The van der Waals surface area contributed by atoms with Gasteiger partial charge in [-0.3, -0.25) is 9.59 Å². The van der Waals surface area contributed by atoms with Gasteiger partial charge in [-0.25, -0.2) is 9.07 Å². The highest BCUT2D eigenvalue weighted by atomic mass is 19.1. The lowest BCUT2D eigenvalue weighted by atomic mass is 9.87. The number of carboxylic acid groups (broad SMARTS) is 1. The fourth-order valence-corrected chi connectivity index (χ4v) is 3.24. The van der Waals surface area contributed by atoms with Crippen molar-refractivity contribution >= 4 is 11.9 Å². The molecule has 1 aromatic carbocycles. The molecular weight excluding hydrogens is 325 g/mol. The molecule has 0 saturated carbocycles. The number of carboxylic acids is 1. The number of piperidine rings is 1. The largest absolute Gasteiger partial charge is 0.481 e. The number of aryl methyl sites for hydroxylation is 1. The molecule has 1 aromatic heterocycles. The summed E-state index contributed by atoms with van der Waals surface area (Å²) < 4.78 is 14.6. The first-order valence-electron chi connectivity index (χ1n) is 8.21. The van der Waals surface area contributed by atoms with Crippen molar-refractivity contribution in [2.45, 2.75) is 20.3 Å². The second-order valence-corrected chi connectivity index (χ2v) is 6.54. The number of aromatic nitrogens is 2. The molecule has 25 heavy (non-hydrogen) atoms. The van der Waals surface area contributed by atoms with Gasteiger partial charge in [0.15, 0.2) is 5.69 Å². The van der Waals surface area contributed by atoms with Crippen LogP contribution in [0, 0.1) is 24.6 Å². The molecule has 132 valence electrons. The molecule has 7 heteroatoms. The number of halogens is 1. The Hall–Kier alpha value is -2.70. The minimum atomic E-state index is -0.809. The quantitative estimate of drug-likeness (QED) is 0.927. The zero-order chi connectivity index (χ0) is 18.1. The number of hydrogen-bond acceptors (Lipinski definition) is 3. The van der Waals surface area contributed by atoms with E-state index in [1.807, 2.05) is 6.92 Å². The van der Waals surface area contributed by atoms with Crippen LogP contribution in [-0.4, -0.2) is 44.8 Å². The molecule has 6 nitrogen and oxygen atoms in total. The van der Waals surface area contributed by atoms with E-state index in [1.165, 1.54) is 12.1 Å². The van der Waals surface area contributed by atoms with E-state index in [9.17, 15) is 19.1 Å². The third-order valence-corrected chi connectivity index (χ3v) is 4.70. The van der Waals surface area contributed by atoms with Gasteiger partial charge in [-0.15, -0.1) is 0 Å².